The monoisotopic (exact) mass is 350 g/mol. The predicted molar refractivity (Wildman–Crippen MR) is 99.7 cm³/mol. The number of rotatable bonds is 4. The maximum absolute atomic E-state index is 9.50. The van der Waals surface area contributed by atoms with E-state index in [9.17, 15) is 5.11 Å². The van der Waals surface area contributed by atoms with E-state index in [0.29, 0.717) is 5.95 Å². The normalized spacial score (nSPS) is 17.5. The molecule has 6 nitrogen and oxygen atoms in total. The Kier molecular flexibility index (Phi) is 4.67. The zero-order valence-electron chi connectivity index (χ0n) is 14.8. The van der Waals surface area contributed by atoms with Crippen molar-refractivity contribution in [1.29, 1.82) is 0 Å². The summed E-state index contributed by atoms with van der Waals surface area (Å²) in [4.78, 5) is 15.8. The summed E-state index contributed by atoms with van der Waals surface area (Å²) in [6.07, 6.45) is 9.22. The summed E-state index contributed by atoms with van der Waals surface area (Å²) in [7, 11) is 0. The average molecular weight is 350 g/mol. The van der Waals surface area contributed by atoms with Gasteiger partial charge < -0.3 is 14.4 Å². The summed E-state index contributed by atoms with van der Waals surface area (Å²) < 4.78 is 5.64. The maximum atomic E-state index is 9.50. The molecule has 6 heteroatoms. The van der Waals surface area contributed by atoms with Crippen LogP contribution in [0.25, 0.3) is 22.6 Å². The molecule has 1 saturated heterocycles. The van der Waals surface area contributed by atoms with Gasteiger partial charge in [-0.05, 0) is 55.0 Å². The fourth-order valence-corrected chi connectivity index (χ4v) is 3.49. The molecule has 3 aromatic rings. The third-order valence-electron chi connectivity index (χ3n) is 4.90. The van der Waals surface area contributed by atoms with Crippen molar-refractivity contribution in [2.24, 2.45) is 5.92 Å². The number of aliphatic hydroxyl groups excluding tert-OH is 1. The van der Waals surface area contributed by atoms with Crippen molar-refractivity contribution >= 4 is 5.95 Å². The van der Waals surface area contributed by atoms with Crippen LogP contribution in [0.2, 0.25) is 0 Å². The SMILES string of the molecule is Cc1cnccc1-c1cnc(N2CCCC(CO)C2)nc1-c1ccco1. The van der Waals surface area contributed by atoms with E-state index < -0.39 is 0 Å². The van der Waals surface area contributed by atoms with E-state index in [2.05, 4.69) is 14.9 Å². The van der Waals surface area contributed by atoms with Crippen molar-refractivity contribution in [3.05, 3.63) is 48.6 Å². The van der Waals surface area contributed by atoms with E-state index >= 15 is 0 Å². The van der Waals surface area contributed by atoms with Crippen LogP contribution >= 0.6 is 0 Å². The molecule has 1 N–H and O–H groups in total. The first-order valence-corrected chi connectivity index (χ1v) is 8.94. The highest BCUT2D eigenvalue weighted by atomic mass is 16.3. The van der Waals surface area contributed by atoms with Crippen LogP contribution in [0.4, 0.5) is 5.95 Å². The number of hydrogen-bond donors (Lipinski definition) is 1. The van der Waals surface area contributed by atoms with Crippen molar-refractivity contribution < 1.29 is 9.52 Å². The molecule has 1 fully saturated rings. The Hall–Kier alpha value is -2.73. The van der Waals surface area contributed by atoms with Crippen molar-refractivity contribution in [3.8, 4) is 22.6 Å². The largest absolute Gasteiger partial charge is 0.463 e. The second kappa shape index (κ2) is 7.25. The molecular weight excluding hydrogens is 328 g/mol. The highest BCUT2D eigenvalue weighted by Crippen LogP contribution is 2.33. The van der Waals surface area contributed by atoms with Gasteiger partial charge in [-0.25, -0.2) is 9.97 Å². The van der Waals surface area contributed by atoms with Gasteiger partial charge in [-0.2, -0.15) is 0 Å². The number of furan rings is 1. The standard InChI is InChI=1S/C20H22N4O2/c1-14-10-21-7-6-16(14)17-11-22-20(23-19(17)18-5-3-9-26-18)24-8-2-4-15(12-24)13-25/h3,5-7,9-11,15,25H,2,4,8,12-13H2,1H3. The minimum Gasteiger partial charge on any atom is -0.463 e. The van der Waals surface area contributed by atoms with Gasteiger partial charge in [0.15, 0.2) is 5.76 Å². The molecule has 0 radical (unpaired) electrons. The molecule has 1 aliphatic rings. The lowest BCUT2D eigenvalue weighted by Gasteiger charge is -2.32. The molecule has 0 aromatic carbocycles. The third kappa shape index (κ3) is 3.20. The van der Waals surface area contributed by atoms with Crippen LogP contribution < -0.4 is 4.90 Å². The first kappa shape index (κ1) is 16.7. The van der Waals surface area contributed by atoms with E-state index in [-0.39, 0.29) is 12.5 Å². The Labute approximate surface area is 152 Å². The van der Waals surface area contributed by atoms with Crippen molar-refractivity contribution in [2.45, 2.75) is 19.8 Å². The minimum absolute atomic E-state index is 0.204. The lowest BCUT2D eigenvalue weighted by atomic mass is 9.99. The molecule has 4 rings (SSSR count). The average Bonchev–Trinajstić information content (AvgIpc) is 3.23. The molecule has 1 aliphatic heterocycles. The molecule has 4 heterocycles. The Morgan fingerprint density at radius 2 is 2.19 bits per heavy atom. The van der Waals surface area contributed by atoms with Gasteiger partial charge in [-0.3, -0.25) is 4.98 Å². The fraction of sp³-hybridized carbons (Fsp3) is 0.350. The summed E-state index contributed by atoms with van der Waals surface area (Å²) in [5.41, 5.74) is 3.82. The Bertz CT molecular complexity index is 879. The van der Waals surface area contributed by atoms with Crippen molar-refractivity contribution in [3.63, 3.8) is 0 Å². The molecule has 0 spiro atoms. The number of aromatic nitrogens is 3. The van der Waals surface area contributed by atoms with Crippen LogP contribution in [0.3, 0.4) is 0 Å². The molecule has 1 atom stereocenters. The van der Waals surface area contributed by atoms with Gasteiger partial charge in [0.2, 0.25) is 5.95 Å². The number of aliphatic hydroxyl groups is 1. The van der Waals surface area contributed by atoms with E-state index in [1.807, 2.05) is 37.5 Å². The number of piperidine rings is 1. The smallest absolute Gasteiger partial charge is 0.226 e. The number of pyridine rings is 1. The number of hydrogen-bond acceptors (Lipinski definition) is 6. The molecular formula is C20H22N4O2. The van der Waals surface area contributed by atoms with Crippen LogP contribution in [0.15, 0.2) is 47.5 Å². The molecule has 134 valence electrons. The highest BCUT2D eigenvalue weighted by molar-refractivity contribution is 5.80. The number of aryl methyl sites for hydroxylation is 1. The molecule has 0 aliphatic carbocycles. The van der Waals surface area contributed by atoms with Crippen LogP contribution in [0.1, 0.15) is 18.4 Å². The van der Waals surface area contributed by atoms with Crippen LogP contribution in [0.5, 0.6) is 0 Å². The molecule has 0 bridgehead atoms. The van der Waals surface area contributed by atoms with E-state index in [0.717, 1.165) is 54.1 Å². The number of nitrogens with zero attached hydrogens (tertiary/aromatic N) is 4. The summed E-state index contributed by atoms with van der Waals surface area (Å²) in [6, 6.07) is 5.75. The Morgan fingerprint density at radius 1 is 1.27 bits per heavy atom. The van der Waals surface area contributed by atoms with Gasteiger partial charge in [0.1, 0.15) is 5.69 Å². The zero-order chi connectivity index (χ0) is 17.9. The highest BCUT2D eigenvalue weighted by Gasteiger charge is 2.23. The minimum atomic E-state index is 0.204. The Morgan fingerprint density at radius 3 is 2.96 bits per heavy atom. The predicted octanol–water partition coefficient (Wildman–Crippen LogP) is 3.32. The lowest BCUT2D eigenvalue weighted by Crippen LogP contribution is -2.37. The van der Waals surface area contributed by atoms with E-state index in [4.69, 9.17) is 9.40 Å². The molecule has 3 aromatic heterocycles. The van der Waals surface area contributed by atoms with Crippen LogP contribution in [-0.4, -0.2) is 39.8 Å². The second-order valence-electron chi connectivity index (χ2n) is 6.74. The van der Waals surface area contributed by atoms with Gasteiger partial charge in [0.05, 0.1) is 6.26 Å². The second-order valence-corrected chi connectivity index (χ2v) is 6.74. The van der Waals surface area contributed by atoms with Crippen LogP contribution in [-0.2, 0) is 0 Å². The first-order chi connectivity index (χ1) is 12.8. The van der Waals surface area contributed by atoms with Gasteiger partial charge in [0.25, 0.3) is 0 Å². The lowest BCUT2D eigenvalue weighted by molar-refractivity contribution is 0.208. The van der Waals surface area contributed by atoms with Crippen molar-refractivity contribution in [2.75, 3.05) is 24.6 Å². The summed E-state index contributed by atoms with van der Waals surface area (Å²) >= 11 is 0. The number of anilines is 1. The van der Waals surface area contributed by atoms with E-state index in [1.165, 1.54) is 0 Å². The Balaban J connectivity index is 1.78. The quantitative estimate of drug-likeness (QED) is 0.778. The maximum Gasteiger partial charge on any atom is 0.226 e. The van der Waals surface area contributed by atoms with Crippen molar-refractivity contribution in [1.82, 2.24) is 15.0 Å². The van der Waals surface area contributed by atoms with Gasteiger partial charge in [0, 0.05) is 43.9 Å². The molecule has 0 saturated carbocycles. The zero-order valence-corrected chi connectivity index (χ0v) is 14.8. The van der Waals surface area contributed by atoms with Gasteiger partial charge in [-0.15, -0.1) is 0 Å². The topological polar surface area (TPSA) is 75.3 Å². The fourth-order valence-electron chi connectivity index (χ4n) is 3.49. The summed E-state index contributed by atoms with van der Waals surface area (Å²) in [5, 5.41) is 9.50. The molecule has 1 unspecified atom stereocenters. The van der Waals surface area contributed by atoms with Gasteiger partial charge in [-0.1, -0.05) is 0 Å². The molecule has 26 heavy (non-hydrogen) atoms. The third-order valence-corrected chi connectivity index (χ3v) is 4.90. The van der Waals surface area contributed by atoms with Crippen LogP contribution in [0, 0.1) is 12.8 Å². The van der Waals surface area contributed by atoms with Gasteiger partial charge >= 0.3 is 0 Å². The summed E-state index contributed by atoms with van der Waals surface area (Å²) in [6.45, 7) is 3.91. The molecule has 0 amide bonds. The first-order valence-electron chi connectivity index (χ1n) is 8.94. The van der Waals surface area contributed by atoms with E-state index in [1.54, 1.807) is 12.5 Å². The summed E-state index contributed by atoms with van der Waals surface area (Å²) in [5.74, 6) is 1.68.